The summed E-state index contributed by atoms with van der Waals surface area (Å²) in [6.45, 7) is 4.72. The van der Waals surface area contributed by atoms with Gasteiger partial charge in [-0.2, -0.15) is 0 Å². The first-order chi connectivity index (χ1) is 19.1. The quantitative estimate of drug-likeness (QED) is 0.198. The zero-order valence-electron chi connectivity index (χ0n) is 22.0. The van der Waals surface area contributed by atoms with Gasteiger partial charge in [0.1, 0.15) is 16.3 Å². The zero-order chi connectivity index (χ0) is 27.0. The number of halogens is 1. The van der Waals surface area contributed by atoms with Crippen molar-refractivity contribution in [2.24, 2.45) is 0 Å². The van der Waals surface area contributed by atoms with Crippen molar-refractivity contribution < 1.29 is 14.9 Å². The molecule has 5 rings (SSSR count). The van der Waals surface area contributed by atoms with Gasteiger partial charge in [-0.1, -0.05) is 41.9 Å². The van der Waals surface area contributed by atoms with Gasteiger partial charge in [0.2, 0.25) is 0 Å². The van der Waals surface area contributed by atoms with E-state index in [0.717, 1.165) is 82.3 Å². The van der Waals surface area contributed by atoms with Crippen molar-refractivity contribution in [1.82, 2.24) is 20.2 Å². The van der Waals surface area contributed by atoms with Crippen LogP contribution in [0.2, 0.25) is 5.02 Å². The van der Waals surface area contributed by atoms with Gasteiger partial charge in [-0.3, -0.25) is 4.98 Å². The van der Waals surface area contributed by atoms with Crippen molar-refractivity contribution in [1.29, 1.82) is 0 Å². The van der Waals surface area contributed by atoms with Gasteiger partial charge in [-0.05, 0) is 55.1 Å². The van der Waals surface area contributed by atoms with E-state index in [1.54, 1.807) is 11.3 Å². The van der Waals surface area contributed by atoms with E-state index in [9.17, 15) is 5.11 Å². The average Bonchev–Trinajstić information content (AvgIpc) is 3.56. The van der Waals surface area contributed by atoms with Gasteiger partial charge in [-0.15, -0.1) is 11.3 Å². The lowest BCUT2D eigenvalue weighted by Crippen LogP contribution is -2.23. The maximum Gasteiger partial charge on any atom is 0.119 e. The van der Waals surface area contributed by atoms with Crippen molar-refractivity contribution in [3.63, 3.8) is 0 Å². The van der Waals surface area contributed by atoms with Gasteiger partial charge in [0.25, 0.3) is 0 Å². The lowest BCUT2D eigenvalue weighted by atomic mass is 10.00. The Morgan fingerprint density at radius 1 is 1.15 bits per heavy atom. The third kappa shape index (κ3) is 7.33. The fraction of sp³-hybridized carbons (Fsp3) is 0.400. The largest absolute Gasteiger partial charge is 0.494 e. The third-order valence-electron chi connectivity index (χ3n) is 6.96. The van der Waals surface area contributed by atoms with Gasteiger partial charge in [0, 0.05) is 44.4 Å². The van der Waals surface area contributed by atoms with Crippen molar-refractivity contribution in [3.8, 4) is 16.9 Å². The highest BCUT2D eigenvalue weighted by Crippen LogP contribution is 2.34. The molecule has 9 heteroatoms. The number of thiazole rings is 1. The summed E-state index contributed by atoms with van der Waals surface area (Å²) in [6, 6.07) is 16.2. The maximum atomic E-state index is 9.67. The van der Waals surface area contributed by atoms with Crippen LogP contribution in [-0.2, 0) is 13.0 Å². The lowest BCUT2D eigenvalue weighted by molar-refractivity contribution is 0.175. The molecule has 0 saturated carbocycles. The number of nitrogens with one attached hydrogen (secondary N) is 1. The van der Waals surface area contributed by atoms with E-state index in [-0.39, 0.29) is 12.7 Å². The molecule has 1 aliphatic rings. The predicted octanol–water partition coefficient (Wildman–Crippen LogP) is 4.91. The summed E-state index contributed by atoms with van der Waals surface area (Å²) >= 11 is 8.60. The number of benzene rings is 2. The van der Waals surface area contributed by atoms with Crippen LogP contribution in [0.4, 0.5) is 0 Å². The molecule has 3 heterocycles. The summed E-state index contributed by atoms with van der Waals surface area (Å²) < 4.78 is 7.15. The molecule has 7 nitrogen and oxygen atoms in total. The molecule has 0 aliphatic carbocycles. The maximum absolute atomic E-state index is 9.67. The van der Waals surface area contributed by atoms with Crippen LogP contribution >= 0.6 is 22.9 Å². The Bertz CT molecular complexity index is 1380. The first kappa shape index (κ1) is 28.0. The SMILES string of the molecule is OCCNCc1nc2c(Cc3cccc(-c4cccc(OCCCCN5CCC(O)C5)c4)c3Cl)nccc2s1. The Kier molecular flexibility index (Phi) is 9.79. The summed E-state index contributed by atoms with van der Waals surface area (Å²) in [7, 11) is 0. The van der Waals surface area contributed by atoms with Crippen molar-refractivity contribution in [2.45, 2.75) is 38.3 Å². The molecule has 3 N–H and O–H groups in total. The third-order valence-corrected chi connectivity index (χ3v) is 8.43. The van der Waals surface area contributed by atoms with E-state index in [4.69, 9.17) is 26.4 Å². The van der Waals surface area contributed by atoms with Crippen LogP contribution < -0.4 is 10.1 Å². The van der Waals surface area contributed by atoms with E-state index in [1.807, 2.05) is 48.7 Å². The second-order valence-electron chi connectivity index (χ2n) is 9.89. The number of rotatable bonds is 13. The number of nitrogens with zero attached hydrogens (tertiary/aromatic N) is 3. The molecule has 1 aliphatic heterocycles. The van der Waals surface area contributed by atoms with Crippen LogP contribution in [0.3, 0.4) is 0 Å². The van der Waals surface area contributed by atoms with Gasteiger partial charge in [-0.25, -0.2) is 4.98 Å². The average molecular weight is 567 g/mol. The summed E-state index contributed by atoms with van der Waals surface area (Å²) in [5.74, 6) is 0.835. The van der Waals surface area contributed by atoms with Crippen molar-refractivity contribution >= 4 is 33.2 Å². The number of pyridine rings is 1. The predicted molar refractivity (Wildman–Crippen MR) is 158 cm³/mol. The van der Waals surface area contributed by atoms with Crippen LogP contribution in [0.15, 0.2) is 54.7 Å². The number of hydrogen-bond donors (Lipinski definition) is 3. The second-order valence-corrected chi connectivity index (χ2v) is 11.4. The smallest absolute Gasteiger partial charge is 0.119 e. The number of ether oxygens (including phenoxy) is 1. The Morgan fingerprint density at radius 3 is 2.90 bits per heavy atom. The number of unbranched alkanes of at least 4 members (excludes halogenated alkanes) is 1. The van der Waals surface area contributed by atoms with Gasteiger partial charge < -0.3 is 25.2 Å². The molecule has 4 aromatic rings. The molecule has 0 radical (unpaired) electrons. The number of aliphatic hydroxyl groups excluding tert-OH is 2. The molecular formula is C30H35ClN4O3S. The monoisotopic (exact) mass is 566 g/mol. The van der Waals surface area contributed by atoms with Crippen LogP contribution in [-0.4, -0.2) is 70.6 Å². The molecule has 1 unspecified atom stereocenters. The second kappa shape index (κ2) is 13.7. The van der Waals surface area contributed by atoms with E-state index in [1.165, 1.54) is 0 Å². The number of aliphatic hydroxyl groups is 2. The summed E-state index contributed by atoms with van der Waals surface area (Å²) in [5.41, 5.74) is 4.78. The molecule has 0 bridgehead atoms. The Balaban J connectivity index is 1.24. The minimum Gasteiger partial charge on any atom is -0.494 e. The number of hydrogen-bond acceptors (Lipinski definition) is 8. The van der Waals surface area contributed by atoms with Crippen molar-refractivity contribution in [2.75, 3.05) is 39.4 Å². The number of fused-ring (bicyclic) bond motifs is 1. The topological polar surface area (TPSA) is 90.7 Å². The standard InChI is InChI=1S/C30H35ClN4O3S/c31-29-22(18-26-30-27(9-11-33-26)39-28(34-30)19-32-12-15-36)6-4-8-25(29)21-5-3-7-24(17-21)38-16-2-1-13-35-14-10-23(37)20-35/h3-9,11,17,23,32,36-37H,1-2,10,12-16,18-20H2. The highest BCUT2D eigenvalue weighted by molar-refractivity contribution is 7.18. The van der Waals surface area contributed by atoms with E-state index in [0.29, 0.717) is 31.1 Å². The minimum atomic E-state index is -0.162. The molecule has 2 aromatic carbocycles. The number of likely N-dealkylation sites (tertiary alicyclic amines) is 1. The van der Waals surface area contributed by atoms with Crippen LogP contribution in [0, 0.1) is 0 Å². The molecule has 0 spiro atoms. The van der Waals surface area contributed by atoms with Gasteiger partial charge >= 0.3 is 0 Å². The molecule has 1 atom stereocenters. The normalized spacial score (nSPS) is 15.8. The molecule has 0 amide bonds. The van der Waals surface area contributed by atoms with E-state index >= 15 is 0 Å². The number of aromatic nitrogens is 2. The highest BCUT2D eigenvalue weighted by Gasteiger charge is 2.19. The molecular weight excluding hydrogens is 532 g/mol. The molecule has 206 valence electrons. The molecule has 39 heavy (non-hydrogen) atoms. The van der Waals surface area contributed by atoms with Gasteiger partial charge in [0.15, 0.2) is 0 Å². The zero-order valence-corrected chi connectivity index (χ0v) is 23.6. The van der Waals surface area contributed by atoms with Gasteiger partial charge in [0.05, 0.1) is 34.7 Å². The minimum absolute atomic E-state index is 0.104. The fourth-order valence-electron chi connectivity index (χ4n) is 4.95. The molecule has 1 fully saturated rings. The van der Waals surface area contributed by atoms with E-state index in [2.05, 4.69) is 21.3 Å². The fourth-order valence-corrected chi connectivity index (χ4v) is 6.20. The summed E-state index contributed by atoms with van der Waals surface area (Å²) in [6.07, 6.45) is 5.16. The van der Waals surface area contributed by atoms with Crippen molar-refractivity contribution in [3.05, 3.63) is 76.0 Å². The number of β-amino-alcohol motifs (C(OH)–C–C–N with tert-alkyl or cyclic N) is 1. The van der Waals surface area contributed by atoms with Crippen LogP contribution in [0.1, 0.15) is 35.5 Å². The van der Waals surface area contributed by atoms with E-state index < -0.39 is 0 Å². The lowest BCUT2D eigenvalue weighted by Gasteiger charge is -2.15. The Morgan fingerprint density at radius 2 is 2.05 bits per heavy atom. The highest BCUT2D eigenvalue weighted by atomic mass is 35.5. The molecule has 1 saturated heterocycles. The first-order valence-corrected chi connectivity index (χ1v) is 14.8. The first-order valence-electron chi connectivity index (χ1n) is 13.6. The Labute approximate surface area is 238 Å². The Hall–Kier alpha value is -2.59. The summed E-state index contributed by atoms with van der Waals surface area (Å²) in [5, 5.41) is 23.6. The summed E-state index contributed by atoms with van der Waals surface area (Å²) in [4.78, 5) is 11.8. The molecule has 2 aromatic heterocycles. The van der Waals surface area contributed by atoms with Crippen LogP contribution in [0.25, 0.3) is 21.3 Å². The van der Waals surface area contributed by atoms with Crippen LogP contribution in [0.5, 0.6) is 5.75 Å².